The molecule has 182 valence electrons. The molecule has 2 aromatic rings. The number of amides is 1. The Kier molecular flexibility index (Phi) is 8.68. The highest BCUT2D eigenvalue weighted by atomic mass is 16.5. The smallest absolute Gasteiger partial charge is 0.324 e. The van der Waals surface area contributed by atoms with Crippen LogP contribution in [0, 0.1) is 12.8 Å². The monoisotopic (exact) mass is 460 g/mol. The average molecular weight is 461 g/mol. The summed E-state index contributed by atoms with van der Waals surface area (Å²) in [7, 11) is 0. The van der Waals surface area contributed by atoms with Crippen molar-refractivity contribution in [1.29, 1.82) is 0 Å². The molecule has 0 bridgehead atoms. The molecule has 0 aliphatic carbocycles. The number of hydrogen-bond acceptors (Lipinski definition) is 8. The maximum absolute atomic E-state index is 11.7. The topological polar surface area (TPSA) is 135 Å². The Morgan fingerprint density at radius 2 is 2.06 bits per heavy atom. The van der Waals surface area contributed by atoms with Gasteiger partial charge in [0.1, 0.15) is 5.75 Å². The van der Waals surface area contributed by atoms with Gasteiger partial charge in [-0.1, -0.05) is 19.0 Å². The van der Waals surface area contributed by atoms with Gasteiger partial charge in [-0.25, -0.2) is 0 Å². The van der Waals surface area contributed by atoms with E-state index in [-0.39, 0.29) is 18.9 Å². The van der Waals surface area contributed by atoms with Crippen molar-refractivity contribution in [1.82, 2.24) is 10.1 Å². The van der Waals surface area contributed by atoms with E-state index in [2.05, 4.69) is 15.0 Å². The number of ether oxygens (including phenoxy) is 1. The Bertz CT molecular complexity index is 922. The van der Waals surface area contributed by atoms with Gasteiger partial charge < -0.3 is 30.1 Å². The zero-order valence-electron chi connectivity index (χ0n) is 19.8. The van der Waals surface area contributed by atoms with Gasteiger partial charge in [0.05, 0.1) is 19.3 Å². The molecule has 9 nitrogen and oxygen atoms in total. The summed E-state index contributed by atoms with van der Waals surface area (Å²) in [6, 6.07) is 3.99. The van der Waals surface area contributed by atoms with Gasteiger partial charge in [-0.3, -0.25) is 4.79 Å². The molecule has 9 heteroatoms. The molecule has 4 N–H and O–H groups in total. The van der Waals surface area contributed by atoms with E-state index in [1.54, 1.807) is 19.1 Å². The van der Waals surface area contributed by atoms with E-state index in [9.17, 15) is 15.0 Å². The van der Waals surface area contributed by atoms with Crippen LogP contribution in [0.3, 0.4) is 0 Å². The van der Waals surface area contributed by atoms with Gasteiger partial charge in [0, 0.05) is 36.6 Å². The van der Waals surface area contributed by atoms with Gasteiger partial charge in [-0.05, 0) is 56.2 Å². The van der Waals surface area contributed by atoms with E-state index in [1.807, 2.05) is 13.8 Å². The number of nitrogens with two attached hydrogens (primary N) is 1. The van der Waals surface area contributed by atoms with Crippen LogP contribution >= 0.6 is 0 Å². The minimum Gasteiger partial charge on any atom is -0.493 e. The lowest BCUT2D eigenvalue weighted by molar-refractivity contribution is 0.0943. The van der Waals surface area contributed by atoms with Crippen molar-refractivity contribution in [3.05, 3.63) is 34.6 Å². The molecule has 33 heavy (non-hydrogen) atoms. The molecule has 0 unspecified atom stereocenters. The number of anilines is 1. The second kappa shape index (κ2) is 11.5. The maximum Gasteiger partial charge on any atom is 0.324 e. The third-order valence-corrected chi connectivity index (χ3v) is 6.32. The van der Waals surface area contributed by atoms with E-state index in [0.717, 1.165) is 44.6 Å². The summed E-state index contributed by atoms with van der Waals surface area (Å²) < 4.78 is 11.4. The molecule has 1 saturated heterocycles. The van der Waals surface area contributed by atoms with E-state index in [1.165, 1.54) is 0 Å². The lowest BCUT2D eigenvalue weighted by atomic mass is 9.92. The van der Waals surface area contributed by atoms with Crippen molar-refractivity contribution >= 4 is 11.9 Å². The lowest BCUT2D eigenvalue weighted by Gasteiger charge is -2.30. The third kappa shape index (κ3) is 6.45. The standard InChI is InChI=1S/C24H36N4O5/c1-15(2)23-26-24(33-27-23)28-10-8-17(9-11-28)5-4-12-32-21-7-6-19(22(25)31)16(3)20(21)13-18(30)14-29/h6-7,15,17-18,29-30H,4-5,8-14H2,1-3H3,(H2,25,31)/t18-/m0/s1. The van der Waals surface area contributed by atoms with Crippen LogP contribution in [0.1, 0.15) is 72.8 Å². The van der Waals surface area contributed by atoms with Crippen LogP contribution in [0.5, 0.6) is 5.75 Å². The number of carbonyl (C=O) groups is 1. The maximum atomic E-state index is 11.7. The third-order valence-electron chi connectivity index (χ3n) is 6.32. The van der Waals surface area contributed by atoms with Crippen molar-refractivity contribution in [2.75, 3.05) is 31.2 Å². The van der Waals surface area contributed by atoms with E-state index in [0.29, 0.717) is 41.0 Å². The Balaban J connectivity index is 1.49. The number of aliphatic hydroxyl groups excluding tert-OH is 2. The fourth-order valence-electron chi connectivity index (χ4n) is 4.24. The summed E-state index contributed by atoms with van der Waals surface area (Å²) in [5, 5.41) is 23.2. The Morgan fingerprint density at radius 3 is 2.67 bits per heavy atom. The number of nitrogens with zero attached hydrogens (tertiary/aromatic N) is 3. The molecule has 2 heterocycles. The SMILES string of the molecule is Cc1c(C(N)=O)ccc(OCCCC2CCN(c3nc(C(C)C)no3)CC2)c1C[C@H](O)CO. The molecule has 0 spiro atoms. The van der Waals surface area contributed by atoms with Crippen LogP contribution in [-0.2, 0) is 6.42 Å². The first kappa shape index (κ1) is 25.0. The number of rotatable bonds is 11. The van der Waals surface area contributed by atoms with Crippen LogP contribution < -0.4 is 15.4 Å². The number of carbonyl (C=O) groups excluding carboxylic acids is 1. The van der Waals surface area contributed by atoms with E-state index in [4.69, 9.17) is 15.0 Å². The van der Waals surface area contributed by atoms with Gasteiger partial charge in [0.15, 0.2) is 5.82 Å². The molecule has 1 fully saturated rings. The number of aromatic nitrogens is 2. The second-order valence-electron chi connectivity index (χ2n) is 9.13. The van der Waals surface area contributed by atoms with Crippen molar-refractivity contribution in [3.8, 4) is 5.75 Å². The summed E-state index contributed by atoms with van der Waals surface area (Å²) in [4.78, 5) is 18.3. The van der Waals surface area contributed by atoms with Gasteiger partial charge in [-0.15, -0.1) is 0 Å². The number of aliphatic hydroxyl groups is 2. The fraction of sp³-hybridized carbons (Fsp3) is 0.625. The first-order chi connectivity index (χ1) is 15.8. The van der Waals surface area contributed by atoms with Crippen LogP contribution in [0.25, 0.3) is 0 Å². The quantitative estimate of drug-likeness (QED) is 0.436. The first-order valence-electron chi connectivity index (χ1n) is 11.7. The highest BCUT2D eigenvalue weighted by Gasteiger charge is 2.23. The summed E-state index contributed by atoms with van der Waals surface area (Å²) >= 11 is 0. The van der Waals surface area contributed by atoms with Gasteiger partial charge >= 0.3 is 6.01 Å². The Labute approximate surface area is 194 Å². The van der Waals surface area contributed by atoms with Gasteiger partial charge in [0.25, 0.3) is 0 Å². The molecule has 0 radical (unpaired) electrons. The van der Waals surface area contributed by atoms with E-state index < -0.39 is 12.0 Å². The fourth-order valence-corrected chi connectivity index (χ4v) is 4.24. The minimum absolute atomic E-state index is 0.200. The largest absolute Gasteiger partial charge is 0.493 e. The van der Waals surface area contributed by atoms with Crippen molar-refractivity contribution in [3.63, 3.8) is 0 Å². The predicted molar refractivity (Wildman–Crippen MR) is 125 cm³/mol. The molecule has 3 rings (SSSR count). The van der Waals surface area contributed by atoms with Gasteiger partial charge in [0.2, 0.25) is 5.91 Å². The van der Waals surface area contributed by atoms with E-state index >= 15 is 0 Å². The average Bonchev–Trinajstić information content (AvgIpc) is 3.29. The molecular formula is C24H36N4O5. The Hall–Kier alpha value is -2.65. The van der Waals surface area contributed by atoms with Crippen LogP contribution in [0.2, 0.25) is 0 Å². The molecular weight excluding hydrogens is 424 g/mol. The normalized spacial score (nSPS) is 15.8. The molecule has 1 atom stereocenters. The predicted octanol–water partition coefficient (Wildman–Crippen LogP) is 2.57. The summed E-state index contributed by atoms with van der Waals surface area (Å²) in [6.07, 6.45) is 3.38. The number of piperidine rings is 1. The van der Waals surface area contributed by atoms with Crippen LogP contribution in [-0.4, -0.2) is 58.7 Å². The second-order valence-corrected chi connectivity index (χ2v) is 9.13. The molecule has 1 aromatic carbocycles. The molecule has 1 amide bonds. The van der Waals surface area contributed by atoms with Gasteiger partial charge in [-0.2, -0.15) is 4.98 Å². The molecule has 1 aliphatic heterocycles. The first-order valence-corrected chi connectivity index (χ1v) is 11.7. The van der Waals surface area contributed by atoms with Crippen molar-refractivity contribution in [2.24, 2.45) is 11.7 Å². The Morgan fingerprint density at radius 1 is 1.33 bits per heavy atom. The zero-order valence-corrected chi connectivity index (χ0v) is 19.8. The summed E-state index contributed by atoms with van der Waals surface area (Å²) in [5.41, 5.74) is 7.24. The number of primary amides is 1. The van der Waals surface area contributed by atoms with Crippen LogP contribution in [0.15, 0.2) is 16.7 Å². The van der Waals surface area contributed by atoms with Crippen molar-refractivity contribution in [2.45, 2.75) is 64.9 Å². The highest BCUT2D eigenvalue weighted by molar-refractivity contribution is 5.94. The molecule has 0 saturated carbocycles. The highest BCUT2D eigenvalue weighted by Crippen LogP contribution is 2.29. The summed E-state index contributed by atoms with van der Waals surface area (Å²) in [6.45, 7) is 7.88. The summed E-state index contributed by atoms with van der Waals surface area (Å²) in [5.74, 6) is 1.72. The number of benzene rings is 1. The van der Waals surface area contributed by atoms with Crippen LogP contribution in [0.4, 0.5) is 6.01 Å². The molecule has 1 aromatic heterocycles. The minimum atomic E-state index is -0.921. The number of hydrogen-bond donors (Lipinski definition) is 3. The van der Waals surface area contributed by atoms with Crippen molar-refractivity contribution < 1.29 is 24.3 Å². The molecule has 1 aliphatic rings. The lowest BCUT2D eigenvalue weighted by Crippen LogP contribution is -2.34. The zero-order chi connectivity index (χ0) is 24.0.